The van der Waals surface area contributed by atoms with Crippen LogP contribution in [0, 0.1) is 0 Å². The van der Waals surface area contributed by atoms with Gasteiger partial charge in [0, 0.05) is 0 Å². The van der Waals surface area contributed by atoms with Gasteiger partial charge in [-0.25, -0.2) is 4.68 Å². The van der Waals surface area contributed by atoms with Crippen molar-refractivity contribution in [3.05, 3.63) is 33.2 Å². The number of aromatic nitrogens is 4. The molecule has 0 atom stereocenters. The first kappa shape index (κ1) is 12.7. The van der Waals surface area contributed by atoms with Crippen LogP contribution in [0.15, 0.2) is 26.4 Å². The summed E-state index contributed by atoms with van der Waals surface area (Å²) in [7, 11) is 0. The molecule has 0 aliphatic carbocycles. The lowest BCUT2D eigenvalue weighted by Crippen LogP contribution is -2.26. The van der Waals surface area contributed by atoms with E-state index < -0.39 is 0 Å². The van der Waals surface area contributed by atoms with Gasteiger partial charge in [0.25, 0.3) is 5.56 Å². The summed E-state index contributed by atoms with van der Waals surface area (Å²) in [5, 5.41) is 10.8. The van der Waals surface area contributed by atoms with Crippen molar-refractivity contribution in [3.63, 3.8) is 0 Å². The molecule has 0 saturated carbocycles. The minimum atomic E-state index is -0.178. The summed E-state index contributed by atoms with van der Waals surface area (Å²) in [6.07, 6.45) is 2.84. The van der Waals surface area contributed by atoms with Crippen molar-refractivity contribution in [2.45, 2.75) is 26.4 Å². The van der Waals surface area contributed by atoms with E-state index in [0.717, 1.165) is 0 Å². The zero-order valence-electron chi connectivity index (χ0n) is 9.92. The maximum atomic E-state index is 12.0. The molecule has 0 unspecified atom stereocenters. The normalized spacial score (nSPS) is 10.9. The van der Waals surface area contributed by atoms with E-state index in [-0.39, 0.29) is 11.6 Å². The summed E-state index contributed by atoms with van der Waals surface area (Å²) in [6.45, 7) is 4.16. The molecule has 0 radical (unpaired) electrons. The Morgan fingerprint density at radius 3 is 2.94 bits per heavy atom. The molecule has 2 aromatic heterocycles. The number of rotatable bonds is 4. The Hall–Kier alpha value is -1.70. The maximum absolute atomic E-state index is 12.0. The van der Waals surface area contributed by atoms with Crippen LogP contribution in [0.3, 0.4) is 0 Å². The quantitative estimate of drug-likeness (QED) is 0.922. The third-order valence-corrected chi connectivity index (χ3v) is 3.04. The van der Waals surface area contributed by atoms with Crippen LogP contribution in [0.5, 0.6) is 0 Å². The highest BCUT2D eigenvalue weighted by Crippen LogP contribution is 2.17. The second kappa shape index (κ2) is 5.30. The monoisotopic (exact) mass is 313 g/mol. The van der Waals surface area contributed by atoms with Crippen LogP contribution in [-0.2, 0) is 6.54 Å². The summed E-state index contributed by atoms with van der Waals surface area (Å²) in [4.78, 5) is 15.8. The highest BCUT2D eigenvalue weighted by atomic mass is 79.9. The van der Waals surface area contributed by atoms with Crippen LogP contribution >= 0.6 is 15.9 Å². The Labute approximate surface area is 111 Å². The second-order valence-electron chi connectivity index (χ2n) is 3.92. The third-order valence-electron chi connectivity index (χ3n) is 2.28. The molecule has 7 nitrogen and oxygen atoms in total. The molecule has 2 rings (SSSR count). The standard InChI is InChI=1S/C10H12BrN5O2/c1-6(2)16-10(17)9(11)7(3-14-16)12-4-8-13-5-18-15-8/h3,5-6,12H,4H2,1-2H3. The van der Waals surface area contributed by atoms with E-state index in [1.807, 2.05) is 13.8 Å². The molecule has 2 heterocycles. The zero-order chi connectivity index (χ0) is 13.1. The van der Waals surface area contributed by atoms with Gasteiger partial charge in [0.05, 0.1) is 24.5 Å². The van der Waals surface area contributed by atoms with E-state index >= 15 is 0 Å². The van der Waals surface area contributed by atoms with Crippen LogP contribution < -0.4 is 10.9 Å². The Kier molecular flexibility index (Phi) is 3.75. The maximum Gasteiger partial charge on any atom is 0.283 e. The third kappa shape index (κ3) is 2.58. The van der Waals surface area contributed by atoms with Crippen LogP contribution in [-0.4, -0.2) is 19.9 Å². The molecule has 0 amide bonds. The summed E-state index contributed by atoms with van der Waals surface area (Å²) in [5.41, 5.74) is 0.421. The van der Waals surface area contributed by atoms with Crippen molar-refractivity contribution >= 4 is 21.6 Å². The van der Waals surface area contributed by atoms with Crippen molar-refractivity contribution in [3.8, 4) is 0 Å². The summed E-state index contributed by atoms with van der Waals surface area (Å²) in [5.74, 6) is 0.509. The molecule has 0 fully saturated rings. The van der Waals surface area contributed by atoms with E-state index in [0.29, 0.717) is 22.5 Å². The van der Waals surface area contributed by atoms with Crippen molar-refractivity contribution in [1.82, 2.24) is 19.9 Å². The Morgan fingerprint density at radius 1 is 1.56 bits per heavy atom. The van der Waals surface area contributed by atoms with Crippen molar-refractivity contribution < 1.29 is 4.52 Å². The highest BCUT2D eigenvalue weighted by molar-refractivity contribution is 9.10. The molecule has 8 heteroatoms. The Bertz CT molecular complexity index is 578. The Morgan fingerprint density at radius 2 is 2.33 bits per heavy atom. The fourth-order valence-electron chi connectivity index (χ4n) is 1.38. The van der Waals surface area contributed by atoms with Crippen molar-refractivity contribution in [1.29, 1.82) is 0 Å². The molecule has 0 aromatic carbocycles. The van der Waals surface area contributed by atoms with Gasteiger partial charge in [-0.2, -0.15) is 10.1 Å². The SMILES string of the molecule is CC(C)n1ncc(NCc2ncon2)c(Br)c1=O. The van der Waals surface area contributed by atoms with E-state index in [1.165, 1.54) is 11.1 Å². The van der Waals surface area contributed by atoms with Gasteiger partial charge in [-0.3, -0.25) is 4.79 Å². The molecule has 96 valence electrons. The second-order valence-corrected chi connectivity index (χ2v) is 4.71. The largest absolute Gasteiger partial charge is 0.375 e. The average molecular weight is 314 g/mol. The van der Waals surface area contributed by atoms with Gasteiger partial charge in [-0.15, -0.1) is 0 Å². The van der Waals surface area contributed by atoms with E-state index in [9.17, 15) is 4.79 Å². The van der Waals surface area contributed by atoms with Gasteiger partial charge in [0.15, 0.2) is 5.82 Å². The molecule has 0 bridgehead atoms. The number of halogens is 1. The van der Waals surface area contributed by atoms with Crippen LogP contribution in [0.4, 0.5) is 5.69 Å². The van der Waals surface area contributed by atoms with E-state index in [1.54, 1.807) is 6.20 Å². The number of nitrogens with zero attached hydrogens (tertiary/aromatic N) is 4. The van der Waals surface area contributed by atoms with Gasteiger partial charge < -0.3 is 9.84 Å². The first-order valence-electron chi connectivity index (χ1n) is 5.36. The van der Waals surface area contributed by atoms with Gasteiger partial charge in [-0.05, 0) is 29.8 Å². The van der Waals surface area contributed by atoms with Crippen LogP contribution in [0.25, 0.3) is 0 Å². The first-order valence-corrected chi connectivity index (χ1v) is 6.15. The molecule has 18 heavy (non-hydrogen) atoms. The molecule has 0 spiro atoms. The average Bonchev–Trinajstić information content (AvgIpc) is 2.83. The van der Waals surface area contributed by atoms with Crippen LogP contribution in [0.1, 0.15) is 25.7 Å². The number of hydrogen-bond donors (Lipinski definition) is 1. The van der Waals surface area contributed by atoms with Gasteiger partial charge in [0.1, 0.15) is 4.47 Å². The Balaban J connectivity index is 2.20. The number of anilines is 1. The van der Waals surface area contributed by atoms with Gasteiger partial charge in [-0.1, -0.05) is 5.16 Å². The molecule has 1 N–H and O–H groups in total. The van der Waals surface area contributed by atoms with Crippen molar-refractivity contribution in [2.24, 2.45) is 0 Å². The van der Waals surface area contributed by atoms with Crippen LogP contribution in [0.2, 0.25) is 0 Å². The summed E-state index contributed by atoms with van der Waals surface area (Å²) in [6, 6.07) is 0.0139. The van der Waals surface area contributed by atoms with Gasteiger partial charge in [0.2, 0.25) is 6.39 Å². The summed E-state index contributed by atoms with van der Waals surface area (Å²) >= 11 is 3.26. The lowest BCUT2D eigenvalue weighted by Gasteiger charge is -2.11. The highest BCUT2D eigenvalue weighted by Gasteiger charge is 2.11. The molecule has 0 aliphatic heterocycles. The van der Waals surface area contributed by atoms with Gasteiger partial charge >= 0.3 is 0 Å². The minimum absolute atomic E-state index is 0.0139. The zero-order valence-corrected chi connectivity index (χ0v) is 11.5. The minimum Gasteiger partial charge on any atom is -0.375 e. The molecule has 2 aromatic rings. The smallest absolute Gasteiger partial charge is 0.283 e. The fraction of sp³-hybridized carbons (Fsp3) is 0.400. The first-order chi connectivity index (χ1) is 8.59. The number of hydrogen-bond acceptors (Lipinski definition) is 6. The van der Waals surface area contributed by atoms with E-state index in [2.05, 4.69) is 41.0 Å². The molecular weight excluding hydrogens is 302 g/mol. The lowest BCUT2D eigenvalue weighted by molar-refractivity contribution is 0.411. The predicted molar refractivity (Wildman–Crippen MR) is 68.2 cm³/mol. The predicted octanol–water partition coefficient (Wildman–Crippen LogP) is 1.58. The fourth-order valence-corrected chi connectivity index (χ4v) is 1.80. The topological polar surface area (TPSA) is 85.8 Å². The summed E-state index contributed by atoms with van der Waals surface area (Å²) < 4.78 is 6.46. The molecular formula is C10H12BrN5O2. The molecule has 0 saturated heterocycles. The van der Waals surface area contributed by atoms with Crippen molar-refractivity contribution in [2.75, 3.05) is 5.32 Å². The van der Waals surface area contributed by atoms with E-state index in [4.69, 9.17) is 0 Å². The lowest BCUT2D eigenvalue weighted by atomic mass is 10.4. The molecule has 0 aliphatic rings. The number of nitrogens with one attached hydrogen (secondary N) is 1.